The van der Waals surface area contributed by atoms with Crippen LogP contribution in [0.5, 0.6) is 0 Å². The van der Waals surface area contributed by atoms with Crippen molar-refractivity contribution in [1.29, 1.82) is 0 Å². The fourth-order valence-electron chi connectivity index (χ4n) is 3.30. The van der Waals surface area contributed by atoms with Crippen molar-refractivity contribution in [1.82, 2.24) is 25.3 Å². The molecule has 2 heterocycles. The van der Waals surface area contributed by atoms with E-state index in [1.54, 1.807) is 19.2 Å². The van der Waals surface area contributed by atoms with Crippen molar-refractivity contribution in [2.45, 2.75) is 6.04 Å². The summed E-state index contributed by atoms with van der Waals surface area (Å²) in [5, 5.41) is 5.56. The van der Waals surface area contributed by atoms with Crippen LogP contribution in [0.4, 0.5) is 9.18 Å². The number of carbonyl (C=O) groups excluding carboxylic acids is 3. The van der Waals surface area contributed by atoms with Crippen molar-refractivity contribution in [3.05, 3.63) is 46.9 Å². The maximum absolute atomic E-state index is 13.3. The van der Waals surface area contributed by atoms with E-state index in [1.807, 2.05) is 19.0 Å². The molecule has 0 aliphatic carbocycles. The van der Waals surface area contributed by atoms with Crippen LogP contribution in [0.1, 0.15) is 11.6 Å². The lowest BCUT2D eigenvalue weighted by Gasteiger charge is -2.31. The van der Waals surface area contributed by atoms with Gasteiger partial charge in [-0.1, -0.05) is 12.1 Å². The van der Waals surface area contributed by atoms with Crippen LogP contribution in [0.15, 0.2) is 35.5 Å². The standard InChI is InChI=1S/C19H24FN5O3/c1-23(2)9-8-21-15(26)11-25-10-14-16(18(25)27)17(22-19(28)24(14)3)12-4-6-13(20)7-5-12/h4-7,17H,8-11H2,1-3H3,(H,21,26)(H,22,28). The lowest BCUT2D eigenvalue weighted by atomic mass is 9.96. The minimum absolute atomic E-state index is 0.0859. The number of carbonyl (C=O) groups is 3. The predicted octanol–water partition coefficient (Wildman–Crippen LogP) is 0.296. The van der Waals surface area contributed by atoms with Gasteiger partial charge >= 0.3 is 6.03 Å². The second kappa shape index (κ2) is 7.97. The van der Waals surface area contributed by atoms with E-state index in [4.69, 9.17) is 0 Å². The number of hydrogen-bond donors (Lipinski definition) is 2. The molecule has 0 saturated heterocycles. The maximum atomic E-state index is 13.3. The fourth-order valence-corrected chi connectivity index (χ4v) is 3.30. The van der Waals surface area contributed by atoms with Crippen LogP contribution in [0, 0.1) is 5.82 Å². The highest BCUT2D eigenvalue weighted by Crippen LogP contribution is 2.35. The zero-order chi connectivity index (χ0) is 20.4. The summed E-state index contributed by atoms with van der Waals surface area (Å²) in [5.74, 6) is -0.958. The third-order valence-electron chi connectivity index (χ3n) is 4.85. The lowest BCUT2D eigenvalue weighted by Crippen LogP contribution is -2.45. The number of rotatable bonds is 6. The molecule has 0 bridgehead atoms. The molecule has 2 aliphatic rings. The summed E-state index contributed by atoms with van der Waals surface area (Å²) >= 11 is 0. The average Bonchev–Trinajstić information content (AvgIpc) is 2.95. The van der Waals surface area contributed by atoms with Gasteiger partial charge in [0.05, 0.1) is 23.9 Å². The first-order chi connectivity index (χ1) is 13.3. The van der Waals surface area contributed by atoms with Crippen molar-refractivity contribution in [3.63, 3.8) is 0 Å². The van der Waals surface area contributed by atoms with Crippen LogP contribution in [0.25, 0.3) is 0 Å². The highest BCUT2D eigenvalue weighted by Gasteiger charge is 2.43. The second-order valence-corrected chi connectivity index (χ2v) is 7.17. The molecule has 0 aromatic heterocycles. The molecule has 0 saturated carbocycles. The molecule has 1 atom stereocenters. The van der Waals surface area contributed by atoms with Crippen molar-refractivity contribution in [2.75, 3.05) is 47.3 Å². The molecule has 9 heteroatoms. The number of urea groups is 1. The normalized spacial score (nSPS) is 19.2. The largest absolute Gasteiger partial charge is 0.353 e. The van der Waals surface area contributed by atoms with E-state index in [9.17, 15) is 18.8 Å². The van der Waals surface area contributed by atoms with Crippen molar-refractivity contribution in [3.8, 4) is 0 Å². The Morgan fingerprint density at radius 2 is 1.96 bits per heavy atom. The highest BCUT2D eigenvalue weighted by atomic mass is 19.1. The van der Waals surface area contributed by atoms with Gasteiger partial charge in [-0.3, -0.25) is 14.5 Å². The van der Waals surface area contributed by atoms with Gasteiger partial charge in [0, 0.05) is 20.1 Å². The Morgan fingerprint density at radius 3 is 2.61 bits per heavy atom. The molecule has 0 spiro atoms. The van der Waals surface area contributed by atoms with Gasteiger partial charge in [-0.25, -0.2) is 9.18 Å². The molecule has 0 fully saturated rings. The molecule has 2 N–H and O–H groups in total. The van der Waals surface area contributed by atoms with Gasteiger partial charge in [0.25, 0.3) is 5.91 Å². The lowest BCUT2D eigenvalue weighted by molar-refractivity contribution is -0.131. The summed E-state index contributed by atoms with van der Waals surface area (Å²) in [6.07, 6.45) is 0. The number of nitrogens with one attached hydrogen (secondary N) is 2. The summed E-state index contributed by atoms with van der Waals surface area (Å²) in [5.41, 5.74) is 1.58. The molecule has 2 aliphatic heterocycles. The van der Waals surface area contributed by atoms with Crippen molar-refractivity contribution in [2.24, 2.45) is 0 Å². The highest BCUT2D eigenvalue weighted by molar-refractivity contribution is 6.02. The average molecular weight is 389 g/mol. The summed E-state index contributed by atoms with van der Waals surface area (Å²) in [7, 11) is 5.40. The van der Waals surface area contributed by atoms with Crippen LogP contribution in [-0.4, -0.2) is 79.9 Å². The molecule has 1 unspecified atom stereocenters. The number of nitrogens with zero attached hydrogens (tertiary/aromatic N) is 3. The third-order valence-corrected chi connectivity index (χ3v) is 4.85. The molecular formula is C19H24FN5O3. The van der Waals surface area contributed by atoms with Crippen molar-refractivity contribution >= 4 is 17.8 Å². The summed E-state index contributed by atoms with van der Waals surface area (Å²) in [4.78, 5) is 42.2. The van der Waals surface area contributed by atoms with Crippen LogP contribution < -0.4 is 10.6 Å². The Balaban J connectivity index is 1.76. The summed E-state index contributed by atoms with van der Waals surface area (Å²) in [6.45, 7) is 1.27. The topological polar surface area (TPSA) is 85.0 Å². The second-order valence-electron chi connectivity index (χ2n) is 7.17. The number of likely N-dealkylation sites (N-methyl/N-ethyl adjacent to an activating group) is 2. The Kier molecular flexibility index (Phi) is 5.64. The van der Waals surface area contributed by atoms with Gasteiger partial charge in [0.1, 0.15) is 12.4 Å². The van der Waals surface area contributed by atoms with Crippen LogP contribution in [-0.2, 0) is 9.59 Å². The fraction of sp³-hybridized carbons (Fsp3) is 0.421. The minimum Gasteiger partial charge on any atom is -0.353 e. The number of hydrogen-bond acceptors (Lipinski definition) is 4. The van der Waals surface area contributed by atoms with Gasteiger partial charge in [-0.2, -0.15) is 0 Å². The van der Waals surface area contributed by atoms with E-state index < -0.39 is 11.9 Å². The first kappa shape index (κ1) is 19.8. The summed E-state index contributed by atoms with van der Waals surface area (Å²) < 4.78 is 13.3. The molecule has 1 aromatic rings. The van der Waals surface area contributed by atoms with E-state index in [2.05, 4.69) is 10.6 Å². The van der Waals surface area contributed by atoms with Crippen LogP contribution in [0.3, 0.4) is 0 Å². The van der Waals surface area contributed by atoms with E-state index >= 15 is 0 Å². The van der Waals surface area contributed by atoms with Gasteiger partial charge in [0.15, 0.2) is 0 Å². The minimum atomic E-state index is -0.673. The van der Waals surface area contributed by atoms with E-state index in [-0.39, 0.29) is 30.9 Å². The van der Waals surface area contributed by atoms with Gasteiger partial charge in [-0.05, 0) is 31.8 Å². The molecule has 8 nitrogen and oxygen atoms in total. The molecule has 3 rings (SSSR count). The Morgan fingerprint density at radius 1 is 1.29 bits per heavy atom. The summed E-state index contributed by atoms with van der Waals surface area (Å²) in [6, 6.07) is 4.64. The first-order valence-corrected chi connectivity index (χ1v) is 9.01. The third kappa shape index (κ3) is 3.99. The van der Waals surface area contributed by atoms with E-state index in [0.717, 1.165) is 0 Å². The van der Waals surface area contributed by atoms with E-state index in [1.165, 1.54) is 21.9 Å². The predicted molar refractivity (Wildman–Crippen MR) is 101 cm³/mol. The van der Waals surface area contributed by atoms with Crippen LogP contribution >= 0.6 is 0 Å². The SMILES string of the molecule is CN(C)CCNC(=O)CN1CC2=C(C1=O)C(c1ccc(F)cc1)NC(=O)N2C. The molecule has 4 amide bonds. The Labute approximate surface area is 163 Å². The smallest absolute Gasteiger partial charge is 0.322 e. The monoisotopic (exact) mass is 389 g/mol. The number of benzene rings is 1. The Bertz CT molecular complexity index is 821. The van der Waals surface area contributed by atoms with Crippen molar-refractivity contribution < 1.29 is 18.8 Å². The zero-order valence-electron chi connectivity index (χ0n) is 16.2. The molecular weight excluding hydrogens is 365 g/mol. The first-order valence-electron chi connectivity index (χ1n) is 9.01. The zero-order valence-corrected chi connectivity index (χ0v) is 16.2. The molecule has 0 radical (unpaired) electrons. The van der Waals surface area contributed by atoms with Gasteiger partial charge in [0.2, 0.25) is 5.91 Å². The molecule has 28 heavy (non-hydrogen) atoms. The maximum Gasteiger partial charge on any atom is 0.322 e. The number of halogens is 1. The van der Waals surface area contributed by atoms with Gasteiger partial charge < -0.3 is 20.4 Å². The van der Waals surface area contributed by atoms with Crippen LogP contribution in [0.2, 0.25) is 0 Å². The van der Waals surface area contributed by atoms with E-state index in [0.29, 0.717) is 29.9 Å². The molecule has 1 aromatic carbocycles. The van der Waals surface area contributed by atoms with Gasteiger partial charge in [-0.15, -0.1) is 0 Å². The quantitative estimate of drug-likeness (QED) is 0.733. The Hall–Kier alpha value is -2.94. The number of amides is 4. The molecule has 150 valence electrons.